The molecule has 0 atom stereocenters. The number of rotatable bonds is 2. The molecule has 0 saturated heterocycles. The van der Waals surface area contributed by atoms with Gasteiger partial charge in [0.05, 0.1) is 24.3 Å². The Labute approximate surface area is 99.2 Å². The highest BCUT2D eigenvalue weighted by molar-refractivity contribution is 5.76. The first kappa shape index (κ1) is 10.7. The predicted octanol–water partition coefficient (Wildman–Crippen LogP) is 1.43. The molecule has 2 heterocycles. The van der Waals surface area contributed by atoms with Crippen LogP contribution < -0.4 is 0 Å². The number of alkyl halides is 1. The van der Waals surface area contributed by atoms with Crippen LogP contribution in [0.25, 0.3) is 0 Å². The molecule has 1 aromatic rings. The normalized spacial score (nSPS) is 27.5. The van der Waals surface area contributed by atoms with E-state index in [0.29, 0.717) is 25.8 Å². The van der Waals surface area contributed by atoms with Crippen LogP contribution in [0.15, 0.2) is 6.33 Å². The summed E-state index contributed by atoms with van der Waals surface area (Å²) < 4.78 is 12.7. The lowest BCUT2D eigenvalue weighted by Crippen LogP contribution is -2.39. The summed E-state index contributed by atoms with van der Waals surface area (Å²) in [6.45, 7) is 1.36. The third kappa shape index (κ3) is 2.06. The number of amides is 1. The van der Waals surface area contributed by atoms with Gasteiger partial charge in [-0.3, -0.25) is 4.79 Å². The van der Waals surface area contributed by atoms with Gasteiger partial charge in [-0.05, 0) is 18.8 Å². The predicted molar refractivity (Wildman–Crippen MR) is 59.9 cm³/mol. The molecule has 0 bridgehead atoms. The molecule has 1 aliphatic heterocycles. The summed E-state index contributed by atoms with van der Waals surface area (Å²) >= 11 is 0. The summed E-state index contributed by atoms with van der Waals surface area (Å²) in [6, 6.07) is 0. The van der Waals surface area contributed by atoms with E-state index in [1.54, 1.807) is 6.33 Å². The first-order chi connectivity index (χ1) is 8.22. The summed E-state index contributed by atoms with van der Waals surface area (Å²) in [5.74, 6) is 0.419. The number of imidazole rings is 1. The summed E-state index contributed by atoms with van der Waals surface area (Å²) in [5.41, 5.74) is 2.11. The fourth-order valence-electron chi connectivity index (χ4n) is 2.62. The van der Waals surface area contributed by atoms with Gasteiger partial charge in [-0.25, -0.2) is 9.37 Å². The Balaban J connectivity index is 1.57. The highest BCUT2D eigenvalue weighted by atomic mass is 19.1. The summed E-state index contributed by atoms with van der Waals surface area (Å²) in [4.78, 5) is 21.1. The van der Waals surface area contributed by atoms with Crippen LogP contribution >= 0.6 is 0 Å². The number of hydrogen-bond acceptors (Lipinski definition) is 2. The maximum atomic E-state index is 12.7. The van der Waals surface area contributed by atoms with Crippen molar-refractivity contribution in [1.82, 2.24) is 14.9 Å². The van der Waals surface area contributed by atoms with E-state index in [4.69, 9.17) is 0 Å². The minimum Gasteiger partial charge on any atom is -0.347 e. The van der Waals surface area contributed by atoms with Gasteiger partial charge in [-0.15, -0.1) is 0 Å². The van der Waals surface area contributed by atoms with Crippen LogP contribution in [0, 0.1) is 5.92 Å². The lowest BCUT2D eigenvalue weighted by molar-refractivity contribution is -0.134. The average molecular weight is 237 g/mol. The van der Waals surface area contributed by atoms with Crippen molar-refractivity contribution in [2.45, 2.75) is 38.4 Å². The Morgan fingerprint density at radius 1 is 1.59 bits per heavy atom. The molecule has 1 N–H and O–H groups in total. The summed E-state index contributed by atoms with van der Waals surface area (Å²) in [6.07, 6.45) is 3.46. The minimum atomic E-state index is -0.673. The Hall–Kier alpha value is -1.39. The molecule has 0 radical (unpaired) electrons. The van der Waals surface area contributed by atoms with Crippen molar-refractivity contribution >= 4 is 5.91 Å². The largest absolute Gasteiger partial charge is 0.347 e. The van der Waals surface area contributed by atoms with E-state index in [0.717, 1.165) is 24.4 Å². The minimum absolute atomic E-state index is 0.155. The maximum absolute atomic E-state index is 12.7. The standard InChI is InChI=1S/C12H16FN3O/c13-9-3-8(4-9)5-12(17)16-2-1-10-11(6-16)15-7-14-10/h7-9H,1-6H2,(H,14,15). The van der Waals surface area contributed by atoms with Crippen molar-refractivity contribution < 1.29 is 9.18 Å². The Kier molecular flexibility index (Phi) is 2.61. The van der Waals surface area contributed by atoms with E-state index in [-0.39, 0.29) is 11.8 Å². The van der Waals surface area contributed by atoms with Gasteiger partial charge in [-0.2, -0.15) is 0 Å². The number of aromatic nitrogens is 2. The monoisotopic (exact) mass is 237 g/mol. The first-order valence-corrected chi connectivity index (χ1v) is 6.15. The van der Waals surface area contributed by atoms with E-state index in [1.807, 2.05) is 4.90 Å². The SMILES string of the molecule is O=C(CC1CC(F)C1)N1CCc2nc[nH]c2C1. The van der Waals surface area contributed by atoms with Crippen molar-refractivity contribution in [1.29, 1.82) is 0 Å². The lowest BCUT2D eigenvalue weighted by atomic mass is 9.81. The molecule has 2 aliphatic rings. The summed E-state index contributed by atoms with van der Waals surface area (Å²) in [5, 5.41) is 0. The number of carbonyl (C=O) groups excluding carboxylic acids is 1. The third-order valence-corrected chi connectivity index (χ3v) is 3.77. The number of halogens is 1. The van der Waals surface area contributed by atoms with Gasteiger partial charge in [0.15, 0.2) is 0 Å². The topological polar surface area (TPSA) is 49.0 Å². The van der Waals surface area contributed by atoms with Crippen molar-refractivity contribution in [2.75, 3.05) is 6.54 Å². The highest BCUT2D eigenvalue weighted by Gasteiger charge is 2.32. The zero-order valence-corrected chi connectivity index (χ0v) is 9.66. The number of carbonyl (C=O) groups is 1. The maximum Gasteiger partial charge on any atom is 0.223 e. The van der Waals surface area contributed by atoms with E-state index >= 15 is 0 Å². The van der Waals surface area contributed by atoms with E-state index in [1.165, 1.54) is 0 Å². The Morgan fingerprint density at radius 3 is 3.18 bits per heavy atom. The van der Waals surface area contributed by atoms with E-state index in [2.05, 4.69) is 9.97 Å². The average Bonchev–Trinajstić information content (AvgIpc) is 2.73. The Bertz CT molecular complexity index is 425. The smallest absolute Gasteiger partial charge is 0.223 e. The third-order valence-electron chi connectivity index (χ3n) is 3.77. The van der Waals surface area contributed by atoms with Crippen molar-refractivity contribution in [3.05, 3.63) is 17.7 Å². The number of fused-ring (bicyclic) bond motifs is 1. The zero-order chi connectivity index (χ0) is 11.8. The molecule has 17 heavy (non-hydrogen) atoms. The second-order valence-corrected chi connectivity index (χ2v) is 5.03. The molecule has 92 valence electrons. The second kappa shape index (κ2) is 4.13. The molecule has 5 heteroatoms. The number of hydrogen-bond donors (Lipinski definition) is 1. The molecule has 1 amide bonds. The van der Waals surface area contributed by atoms with Crippen molar-refractivity contribution in [3.63, 3.8) is 0 Å². The molecule has 3 rings (SSSR count). The first-order valence-electron chi connectivity index (χ1n) is 6.15. The van der Waals surface area contributed by atoms with Gasteiger partial charge in [0.25, 0.3) is 0 Å². The lowest BCUT2D eigenvalue weighted by Gasteiger charge is -2.32. The quantitative estimate of drug-likeness (QED) is 0.846. The van der Waals surface area contributed by atoms with Crippen molar-refractivity contribution in [3.8, 4) is 0 Å². The van der Waals surface area contributed by atoms with Crippen LogP contribution in [-0.2, 0) is 17.8 Å². The van der Waals surface area contributed by atoms with E-state index in [9.17, 15) is 9.18 Å². The molecule has 0 aromatic carbocycles. The molecule has 1 aromatic heterocycles. The number of H-pyrrole nitrogens is 1. The van der Waals surface area contributed by atoms with E-state index < -0.39 is 6.17 Å². The number of nitrogens with one attached hydrogen (secondary N) is 1. The van der Waals surface area contributed by atoms with Gasteiger partial charge < -0.3 is 9.88 Å². The van der Waals surface area contributed by atoms with Crippen LogP contribution in [0.2, 0.25) is 0 Å². The molecule has 1 saturated carbocycles. The zero-order valence-electron chi connectivity index (χ0n) is 9.66. The summed E-state index contributed by atoms with van der Waals surface area (Å²) in [7, 11) is 0. The van der Waals surface area contributed by atoms with Crippen LogP contribution in [0.3, 0.4) is 0 Å². The fraction of sp³-hybridized carbons (Fsp3) is 0.667. The van der Waals surface area contributed by atoms with Gasteiger partial charge in [0.1, 0.15) is 6.17 Å². The molecular weight excluding hydrogens is 221 g/mol. The van der Waals surface area contributed by atoms with Crippen LogP contribution in [0.1, 0.15) is 30.7 Å². The molecule has 4 nitrogen and oxygen atoms in total. The van der Waals surface area contributed by atoms with Crippen LogP contribution in [-0.4, -0.2) is 33.5 Å². The van der Waals surface area contributed by atoms with Crippen LogP contribution in [0.5, 0.6) is 0 Å². The Morgan fingerprint density at radius 2 is 2.41 bits per heavy atom. The van der Waals surface area contributed by atoms with Crippen LogP contribution in [0.4, 0.5) is 4.39 Å². The molecule has 0 spiro atoms. The van der Waals surface area contributed by atoms with Crippen molar-refractivity contribution in [2.24, 2.45) is 5.92 Å². The number of aromatic amines is 1. The molecule has 1 fully saturated rings. The van der Waals surface area contributed by atoms with Gasteiger partial charge in [-0.1, -0.05) is 0 Å². The fourth-order valence-corrected chi connectivity index (χ4v) is 2.62. The molecule has 0 unspecified atom stereocenters. The second-order valence-electron chi connectivity index (χ2n) is 5.03. The molecule has 1 aliphatic carbocycles. The van der Waals surface area contributed by atoms with Gasteiger partial charge in [0.2, 0.25) is 5.91 Å². The molecular formula is C12H16FN3O. The van der Waals surface area contributed by atoms with Gasteiger partial charge >= 0.3 is 0 Å². The highest BCUT2D eigenvalue weighted by Crippen LogP contribution is 2.33. The number of nitrogens with zero attached hydrogens (tertiary/aromatic N) is 2. The van der Waals surface area contributed by atoms with Gasteiger partial charge in [0, 0.05) is 19.4 Å².